The maximum atomic E-state index is 12.3. The molecule has 22 heavy (non-hydrogen) atoms. The molecule has 0 aliphatic heterocycles. The highest BCUT2D eigenvalue weighted by Crippen LogP contribution is 2.11. The number of rotatable bonds is 6. The molecule has 0 aliphatic rings. The minimum Gasteiger partial charge on any atom is -0.456 e. The molecule has 0 atom stereocenters. The van der Waals surface area contributed by atoms with E-state index < -0.39 is 0 Å². The number of ketones is 1. The van der Waals surface area contributed by atoms with Gasteiger partial charge in [-0.2, -0.15) is 0 Å². The monoisotopic (exact) mass is 298 g/mol. The highest BCUT2D eigenvalue weighted by atomic mass is 16.5. The minimum absolute atomic E-state index is 0.0586. The van der Waals surface area contributed by atoms with Crippen LogP contribution in [0.25, 0.3) is 0 Å². The lowest BCUT2D eigenvalue weighted by atomic mass is 10.0. The van der Waals surface area contributed by atoms with E-state index in [4.69, 9.17) is 4.74 Å². The number of benzene rings is 2. The Labute approximate surface area is 130 Å². The fraction of sp³-hybridized carbons (Fsp3) is 0.222. The third-order valence-corrected chi connectivity index (χ3v) is 3.25. The molecule has 4 heteroatoms. The van der Waals surface area contributed by atoms with Crippen molar-refractivity contribution in [1.82, 2.24) is 0 Å². The van der Waals surface area contributed by atoms with Gasteiger partial charge in [-0.25, -0.2) is 4.79 Å². The van der Waals surface area contributed by atoms with Crippen LogP contribution in [0, 0.1) is 0 Å². The van der Waals surface area contributed by atoms with Crippen LogP contribution in [0.5, 0.6) is 0 Å². The third-order valence-electron chi connectivity index (χ3n) is 3.25. The minimum atomic E-state index is -0.361. The third kappa shape index (κ3) is 4.27. The Morgan fingerprint density at radius 1 is 0.864 bits per heavy atom. The standard InChI is InChI=1S/C18H19NO3/c1-19(2)12-13-22-18(21)16-10-8-15(9-11-16)17(20)14-6-4-3-5-7-14/h3-11H,12-13H2,1-2H3/p+1. The molecule has 0 aromatic heterocycles. The smallest absolute Gasteiger partial charge is 0.338 e. The predicted octanol–water partition coefficient (Wildman–Crippen LogP) is 1.22. The van der Waals surface area contributed by atoms with Crippen molar-refractivity contribution in [1.29, 1.82) is 0 Å². The van der Waals surface area contributed by atoms with Crippen LogP contribution in [-0.4, -0.2) is 39.0 Å². The van der Waals surface area contributed by atoms with Gasteiger partial charge in [0.05, 0.1) is 19.7 Å². The Balaban J connectivity index is 2.01. The molecule has 2 aromatic carbocycles. The molecule has 2 aromatic rings. The molecule has 0 radical (unpaired) electrons. The molecule has 0 amide bonds. The van der Waals surface area contributed by atoms with Gasteiger partial charge in [0.15, 0.2) is 5.78 Å². The molecule has 0 saturated carbocycles. The van der Waals surface area contributed by atoms with Gasteiger partial charge in [0.25, 0.3) is 0 Å². The second-order valence-corrected chi connectivity index (χ2v) is 5.37. The summed E-state index contributed by atoms with van der Waals surface area (Å²) in [7, 11) is 4.00. The van der Waals surface area contributed by atoms with Gasteiger partial charge in [0.2, 0.25) is 0 Å². The molecule has 0 heterocycles. The van der Waals surface area contributed by atoms with Crippen LogP contribution < -0.4 is 4.90 Å². The molecule has 0 bridgehead atoms. The maximum Gasteiger partial charge on any atom is 0.338 e. The number of likely N-dealkylation sites (N-methyl/N-ethyl adjacent to an activating group) is 1. The van der Waals surface area contributed by atoms with Crippen molar-refractivity contribution in [3.8, 4) is 0 Å². The Morgan fingerprint density at radius 2 is 1.41 bits per heavy atom. The molecule has 4 nitrogen and oxygen atoms in total. The summed E-state index contributed by atoms with van der Waals surface area (Å²) in [5, 5.41) is 0. The summed E-state index contributed by atoms with van der Waals surface area (Å²) in [6, 6.07) is 15.6. The molecule has 0 spiro atoms. The van der Waals surface area contributed by atoms with Crippen molar-refractivity contribution in [3.63, 3.8) is 0 Å². The van der Waals surface area contributed by atoms with Crippen molar-refractivity contribution in [2.45, 2.75) is 0 Å². The Morgan fingerprint density at radius 3 is 2.00 bits per heavy atom. The molecule has 114 valence electrons. The molecule has 2 rings (SSSR count). The van der Waals surface area contributed by atoms with Crippen LogP contribution in [0.3, 0.4) is 0 Å². The lowest BCUT2D eigenvalue weighted by Gasteiger charge is -2.08. The first kappa shape index (κ1) is 15.9. The summed E-state index contributed by atoms with van der Waals surface area (Å²) < 4.78 is 5.18. The number of hydrogen-bond donors (Lipinski definition) is 1. The van der Waals surface area contributed by atoms with Crippen LogP contribution in [0.2, 0.25) is 0 Å². The van der Waals surface area contributed by atoms with Crippen LogP contribution in [0.1, 0.15) is 26.3 Å². The SMILES string of the molecule is C[NH+](C)CCOC(=O)c1ccc(C(=O)c2ccccc2)cc1. The van der Waals surface area contributed by atoms with E-state index in [-0.39, 0.29) is 11.8 Å². The number of hydrogen-bond acceptors (Lipinski definition) is 3. The molecule has 0 fully saturated rings. The van der Waals surface area contributed by atoms with Gasteiger partial charge < -0.3 is 9.64 Å². The number of nitrogens with one attached hydrogen (secondary N) is 1. The predicted molar refractivity (Wildman–Crippen MR) is 84.3 cm³/mol. The molecule has 0 aliphatic carbocycles. The van der Waals surface area contributed by atoms with E-state index in [0.29, 0.717) is 23.3 Å². The second-order valence-electron chi connectivity index (χ2n) is 5.37. The van der Waals surface area contributed by atoms with Gasteiger partial charge >= 0.3 is 5.97 Å². The van der Waals surface area contributed by atoms with E-state index in [1.807, 2.05) is 32.3 Å². The zero-order chi connectivity index (χ0) is 15.9. The van der Waals surface area contributed by atoms with Crippen LogP contribution in [0.15, 0.2) is 54.6 Å². The molecular weight excluding hydrogens is 278 g/mol. The number of ether oxygens (including phenoxy) is 1. The van der Waals surface area contributed by atoms with Gasteiger partial charge in [-0.15, -0.1) is 0 Å². The van der Waals surface area contributed by atoms with Crippen molar-refractivity contribution in [2.24, 2.45) is 0 Å². The largest absolute Gasteiger partial charge is 0.456 e. The van der Waals surface area contributed by atoms with Crippen molar-refractivity contribution < 1.29 is 19.2 Å². The zero-order valence-electron chi connectivity index (χ0n) is 12.8. The topological polar surface area (TPSA) is 47.8 Å². The van der Waals surface area contributed by atoms with Crippen LogP contribution in [0.4, 0.5) is 0 Å². The van der Waals surface area contributed by atoms with Crippen molar-refractivity contribution >= 4 is 11.8 Å². The summed E-state index contributed by atoms with van der Waals surface area (Å²) >= 11 is 0. The Hall–Kier alpha value is -2.46. The molecular formula is C18H20NO3+. The highest BCUT2D eigenvalue weighted by molar-refractivity contribution is 6.09. The lowest BCUT2D eigenvalue weighted by molar-refractivity contribution is -0.858. The number of esters is 1. The summed E-state index contributed by atoms with van der Waals surface area (Å²) in [4.78, 5) is 25.3. The van der Waals surface area contributed by atoms with Gasteiger partial charge in [-0.3, -0.25) is 4.79 Å². The van der Waals surface area contributed by atoms with E-state index in [2.05, 4.69) is 0 Å². The van der Waals surface area contributed by atoms with E-state index >= 15 is 0 Å². The van der Waals surface area contributed by atoms with Crippen molar-refractivity contribution in [2.75, 3.05) is 27.2 Å². The second kappa shape index (κ2) is 7.52. The summed E-state index contributed by atoms with van der Waals surface area (Å²) in [5.74, 6) is -0.420. The first-order valence-electron chi connectivity index (χ1n) is 7.24. The average molecular weight is 298 g/mol. The fourth-order valence-electron chi connectivity index (χ4n) is 1.95. The lowest BCUT2D eigenvalue weighted by Crippen LogP contribution is -3.06. The zero-order valence-corrected chi connectivity index (χ0v) is 12.8. The molecule has 0 saturated heterocycles. The molecule has 0 unspecified atom stereocenters. The first-order valence-corrected chi connectivity index (χ1v) is 7.24. The summed E-state index contributed by atoms with van der Waals surface area (Å²) in [6.45, 7) is 1.14. The number of quaternary nitrogens is 1. The van der Waals surface area contributed by atoms with Crippen LogP contribution >= 0.6 is 0 Å². The first-order chi connectivity index (χ1) is 10.6. The quantitative estimate of drug-likeness (QED) is 0.644. The van der Waals surface area contributed by atoms with Gasteiger partial charge in [0, 0.05) is 11.1 Å². The summed E-state index contributed by atoms with van der Waals surface area (Å²) in [6.07, 6.45) is 0. The van der Waals surface area contributed by atoms with E-state index in [9.17, 15) is 9.59 Å². The number of carbonyl (C=O) groups is 2. The van der Waals surface area contributed by atoms with Crippen LogP contribution in [-0.2, 0) is 4.74 Å². The Bertz CT molecular complexity index is 633. The summed E-state index contributed by atoms with van der Waals surface area (Å²) in [5.41, 5.74) is 1.64. The Kier molecular flexibility index (Phi) is 5.44. The van der Waals surface area contributed by atoms with Gasteiger partial charge in [-0.05, 0) is 12.1 Å². The van der Waals surface area contributed by atoms with E-state index in [0.717, 1.165) is 6.54 Å². The maximum absolute atomic E-state index is 12.3. The van der Waals surface area contributed by atoms with Crippen molar-refractivity contribution in [3.05, 3.63) is 71.3 Å². The number of carbonyl (C=O) groups excluding carboxylic acids is 2. The molecule has 1 N–H and O–H groups in total. The van der Waals surface area contributed by atoms with Gasteiger partial charge in [0.1, 0.15) is 13.2 Å². The fourth-order valence-corrected chi connectivity index (χ4v) is 1.95. The van der Waals surface area contributed by atoms with E-state index in [1.165, 1.54) is 4.90 Å². The normalized spacial score (nSPS) is 10.5. The van der Waals surface area contributed by atoms with Gasteiger partial charge in [-0.1, -0.05) is 42.5 Å². The average Bonchev–Trinajstić information content (AvgIpc) is 2.54. The van der Waals surface area contributed by atoms with E-state index in [1.54, 1.807) is 36.4 Å². The highest BCUT2D eigenvalue weighted by Gasteiger charge is 2.11.